The largest absolute Gasteiger partial charge is 1.00 e. The average Bonchev–Trinajstić information content (AvgIpc) is 2.92. The number of rotatable bonds is 6. The summed E-state index contributed by atoms with van der Waals surface area (Å²) in [5.41, 5.74) is 6.60. The minimum absolute atomic E-state index is 0. The molecular weight excluding hydrogens is 446 g/mol. The van der Waals surface area contributed by atoms with Crippen molar-refractivity contribution in [2.75, 3.05) is 6.61 Å². The van der Waals surface area contributed by atoms with Crippen molar-refractivity contribution >= 4 is 8.32 Å². The molecule has 0 amide bonds. The fourth-order valence-electron chi connectivity index (χ4n) is 3.38. The van der Waals surface area contributed by atoms with Gasteiger partial charge in [0.1, 0.15) is 0 Å². The molecule has 0 spiro atoms. The second-order valence-corrected chi connectivity index (χ2v) is 16.2. The summed E-state index contributed by atoms with van der Waals surface area (Å²) >= 11 is -0.681. The van der Waals surface area contributed by atoms with Crippen LogP contribution in [0.1, 0.15) is 47.5 Å². The summed E-state index contributed by atoms with van der Waals surface area (Å²) in [6.07, 6.45) is 7.04. The molecule has 2 aliphatic carbocycles. The summed E-state index contributed by atoms with van der Waals surface area (Å²) in [4.78, 5) is 0. The van der Waals surface area contributed by atoms with Crippen molar-refractivity contribution in [1.82, 2.24) is 0 Å². The third kappa shape index (κ3) is 6.04. The van der Waals surface area contributed by atoms with E-state index in [9.17, 15) is 0 Å². The Morgan fingerprint density at radius 2 is 1.68 bits per heavy atom. The third-order valence-corrected chi connectivity index (χ3v) is 11.4. The van der Waals surface area contributed by atoms with E-state index in [1.165, 1.54) is 6.42 Å². The maximum absolute atomic E-state index is 6.08. The summed E-state index contributed by atoms with van der Waals surface area (Å²) in [5.74, 6) is 0. The van der Waals surface area contributed by atoms with Crippen molar-refractivity contribution < 1.29 is 52.5 Å². The van der Waals surface area contributed by atoms with Gasteiger partial charge in [0.05, 0.1) is 0 Å². The molecule has 0 bridgehead atoms. The van der Waals surface area contributed by atoms with Crippen LogP contribution in [0.15, 0.2) is 41.0 Å². The molecule has 25 heavy (non-hydrogen) atoms. The fourth-order valence-corrected chi connectivity index (χ4v) is 8.43. The van der Waals surface area contributed by atoms with Gasteiger partial charge in [0.15, 0.2) is 0 Å². The molecule has 0 atom stereocenters. The van der Waals surface area contributed by atoms with Crippen molar-refractivity contribution in [2.24, 2.45) is 5.41 Å². The molecule has 0 saturated heterocycles. The van der Waals surface area contributed by atoms with Gasteiger partial charge in [-0.15, -0.1) is 0 Å². The molecule has 0 fully saturated rings. The van der Waals surface area contributed by atoms with Crippen LogP contribution in [0.25, 0.3) is 0 Å². The Morgan fingerprint density at radius 1 is 1.08 bits per heavy atom. The molecule has 0 N–H and O–H groups in total. The van der Waals surface area contributed by atoms with E-state index in [0.29, 0.717) is 0 Å². The first-order valence-electron chi connectivity index (χ1n) is 8.73. The second kappa shape index (κ2) is 9.69. The van der Waals surface area contributed by atoms with Crippen LogP contribution in [0.2, 0.25) is 19.6 Å². The Hall–Kier alpha value is 0.600. The second-order valence-electron chi connectivity index (χ2n) is 8.32. The first kappa shape index (κ1) is 25.6. The van der Waals surface area contributed by atoms with Crippen LogP contribution < -0.4 is 24.8 Å². The zero-order valence-corrected chi connectivity index (χ0v) is 21.9. The van der Waals surface area contributed by atoms with E-state index >= 15 is 0 Å². The number of hydrogen-bond acceptors (Lipinski definition) is 1. The van der Waals surface area contributed by atoms with Gasteiger partial charge in [-0.2, -0.15) is 0 Å². The predicted molar refractivity (Wildman–Crippen MR) is 99.6 cm³/mol. The molecule has 5 heteroatoms. The van der Waals surface area contributed by atoms with E-state index in [1.807, 2.05) is 0 Å². The minimum Gasteiger partial charge on any atom is -1.00 e. The van der Waals surface area contributed by atoms with Crippen molar-refractivity contribution in [1.29, 1.82) is 0 Å². The average molecular weight is 479 g/mol. The molecule has 1 nitrogen and oxygen atoms in total. The number of allylic oxidation sites excluding steroid dienone is 7. The quantitative estimate of drug-likeness (QED) is 0.495. The molecular formula is C20H32Cl2OSiZr. The van der Waals surface area contributed by atoms with Gasteiger partial charge >= 0.3 is 156 Å². The van der Waals surface area contributed by atoms with Crippen molar-refractivity contribution in [3.05, 3.63) is 41.0 Å². The maximum Gasteiger partial charge on any atom is -1.00 e. The van der Waals surface area contributed by atoms with Gasteiger partial charge in [-0.1, -0.05) is 0 Å². The van der Waals surface area contributed by atoms with Gasteiger partial charge in [0.25, 0.3) is 0 Å². The van der Waals surface area contributed by atoms with E-state index in [-0.39, 0.29) is 30.2 Å². The summed E-state index contributed by atoms with van der Waals surface area (Å²) in [6.45, 7) is 19.6. The fraction of sp³-hybridized carbons (Fsp3) is 0.600. The zero-order valence-electron chi connectivity index (χ0n) is 16.9. The topological polar surface area (TPSA) is 9.23 Å². The summed E-state index contributed by atoms with van der Waals surface area (Å²) in [6, 6.07) is 0. The predicted octanol–water partition coefficient (Wildman–Crippen LogP) is 0.183. The monoisotopic (exact) mass is 476 g/mol. The van der Waals surface area contributed by atoms with Crippen LogP contribution in [0.3, 0.4) is 0 Å². The Morgan fingerprint density at radius 3 is 2.16 bits per heavy atom. The Balaban J connectivity index is 0.00000288. The Bertz CT molecular complexity index is 622. The normalized spacial score (nSPS) is 19.2. The van der Waals surface area contributed by atoms with Crippen LogP contribution in [0.5, 0.6) is 0 Å². The molecule has 0 aliphatic heterocycles. The Labute approximate surface area is 180 Å². The SMILES string of the molecule is CC1=C(C)C(C)(C)[C]([Zr+2][C]2=C(CCO[Si](C)(C)C)C=CC2)=C1C.[Cl-].[Cl-]. The van der Waals surface area contributed by atoms with Crippen molar-refractivity contribution in [3.8, 4) is 0 Å². The Kier molecular flexibility index (Phi) is 9.92. The van der Waals surface area contributed by atoms with Crippen LogP contribution >= 0.6 is 0 Å². The van der Waals surface area contributed by atoms with Gasteiger partial charge in [0.2, 0.25) is 0 Å². The number of hydrogen-bond donors (Lipinski definition) is 0. The third-order valence-electron chi connectivity index (χ3n) is 5.27. The van der Waals surface area contributed by atoms with E-state index in [2.05, 4.69) is 66.4 Å². The number of halogens is 2. The van der Waals surface area contributed by atoms with Gasteiger partial charge in [-0.25, -0.2) is 0 Å². The van der Waals surface area contributed by atoms with Crippen LogP contribution in [0.4, 0.5) is 0 Å². The van der Waals surface area contributed by atoms with Gasteiger partial charge in [0, 0.05) is 0 Å². The van der Waals surface area contributed by atoms with Crippen LogP contribution in [-0.4, -0.2) is 14.9 Å². The zero-order chi connectivity index (χ0) is 17.4. The smallest absolute Gasteiger partial charge is 1.00 e. The molecule has 0 unspecified atom stereocenters. The maximum atomic E-state index is 6.08. The molecule has 0 aromatic carbocycles. The molecule has 0 aromatic heterocycles. The van der Waals surface area contributed by atoms with E-state index in [0.717, 1.165) is 13.0 Å². The van der Waals surface area contributed by atoms with E-state index in [4.69, 9.17) is 4.43 Å². The molecule has 0 radical (unpaired) electrons. The van der Waals surface area contributed by atoms with Gasteiger partial charge in [-0.3, -0.25) is 0 Å². The van der Waals surface area contributed by atoms with Gasteiger partial charge < -0.3 is 24.8 Å². The molecule has 2 aliphatic rings. The van der Waals surface area contributed by atoms with Crippen molar-refractivity contribution in [3.63, 3.8) is 0 Å². The molecule has 140 valence electrons. The van der Waals surface area contributed by atoms with Crippen LogP contribution in [0, 0.1) is 5.41 Å². The first-order valence-corrected chi connectivity index (χ1v) is 14.6. The van der Waals surface area contributed by atoms with Crippen molar-refractivity contribution in [2.45, 2.75) is 67.1 Å². The van der Waals surface area contributed by atoms with Gasteiger partial charge in [-0.05, 0) is 0 Å². The standard InChI is InChI=1S/C10H17OSi.C10H15.2ClH.Zr/c1-12(2,3)11-9-8-10-6-4-5-7-10;1-7-6-10(4,5)9(3)8(7)2;;;/h4,6H,5,8-9H2,1-3H3;1-5H3;2*1H;/q;;;;+2/p-2. The molecule has 0 saturated carbocycles. The van der Waals surface area contributed by atoms with E-state index in [1.54, 1.807) is 28.9 Å². The molecule has 2 rings (SSSR count). The van der Waals surface area contributed by atoms with Crippen LogP contribution in [-0.2, 0) is 27.7 Å². The first-order chi connectivity index (χ1) is 10.5. The van der Waals surface area contributed by atoms with E-state index < -0.39 is 31.6 Å². The molecule has 0 aromatic rings. The minimum atomic E-state index is -1.39. The summed E-state index contributed by atoms with van der Waals surface area (Å²) in [7, 11) is -1.39. The molecule has 0 heterocycles. The summed E-state index contributed by atoms with van der Waals surface area (Å²) < 4.78 is 9.64. The summed E-state index contributed by atoms with van der Waals surface area (Å²) in [5, 5.41) is 0.